The Labute approximate surface area is 256 Å². The fourth-order valence-electron chi connectivity index (χ4n) is 6.59. The van der Waals surface area contributed by atoms with E-state index >= 15 is 0 Å². The summed E-state index contributed by atoms with van der Waals surface area (Å²) >= 11 is 0. The molecule has 9 nitrogen and oxygen atoms in total. The first-order valence-electron chi connectivity index (χ1n) is 15.5. The van der Waals surface area contributed by atoms with E-state index in [1.54, 1.807) is 0 Å². The molecule has 230 valence electrons. The molecular weight excluding hydrogens is 562 g/mol. The Kier molecular flexibility index (Phi) is 8.05. The fourth-order valence-corrected chi connectivity index (χ4v) is 6.59. The largest absolute Gasteiger partial charge is 0.419 e. The van der Waals surface area contributed by atoms with E-state index in [0.717, 1.165) is 18.8 Å². The van der Waals surface area contributed by atoms with Crippen LogP contribution in [0.15, 0.2) is 59.7 Å². The van der Waals surface area contributed by atoms with Gasteiger partial charge in [0.15, 0.2) is 0 Å². The average Bonchev–Trinajstić information content (AvgIpc) is 3.56. The van der Waals surface area contributed by atoms with Crippen LogP contribution in [0.1, 0.15) is 87.8 Å². The van der Waals surface area contributed by atoms with Gasteiger partial charge in [0.05, 0.1) is 0 Å². The molecular formula is C35H37NO8. The third-order valence-electron chi connectivity index (χ3n) is 9.17. The fraction of sp³-hybridized carbons (Fsp3) is 0.429. The molecule has 0 N–H and O–H groups in total. The highest BCUT2D eigenvalue weighted by atomic mass is 16.8. The predicted octanol–water partition coefficient (Wildman–Crippen LogP) is 5.82. The number of benzene rings is 2. The lowest BCUT2D eigenvalue weighted by molar-refractivity contribution is -0.291. The molecule has 0 unspecified atom stereocenters. The molecule has 4 aliphatic rings. The number of nitrogens with zero attached hydrogens (tertiary/aromatic N) is 1. The topological polar surface area (TPSA) is 108 Å². The highest BCUT2D eigenvalue weighted by molar-refractivity contribution is 6.19. The van der Waals surface area contributed by atoms with Gasteiger partial charge in [0, 0.05) is 44.5 Å². The van der Waals surface area contributed by atoms with Gasteiger partial charge < -0.3 is 23.8 Å². The quantitative estimate of drug-likeness (QED) is 0.230. The molecule has 0 bridgehead atoms. The van der Waals surface area contributed by atoms with Gasteiger partial charge in [-0.3, -0.25) is 0 Å². The van der Waals surface area contributed by atoms with Crippen LogP contribution in [-0.4, -0.2) is 48.5 Å². The molecule has 0 amide bonds. The third-order valence-corrected chi connectivity index (χ3v) is 9.17. The number of carbonyl (C=O) groups is 4. The second-order valence-corrected chi connectivity index (χ2v) is 11.9. The number of rotatable bonds is 6. The lowest BCUT2D eigenvalue weighted by Gasteiger charge is -2.46. The van der Waals surface area contributed by atoms with E-state index < -0.39 is 35.5 Å². The SMILES string of the molecule is CCN(CC)c1ccc(C=C2C(=O)OC3(CCC4(CC3)OC(=O)C(=Cc3ccc(C5CCCC5)cc3)C(=O)O4)OC2=O)cc1. The van der Waals surface area contributed by atoms with Crippen LogP contribution in [0.5, 0.6) is 0 Å². The van der Waals surface area contributed by atoms with Crippen molar-refractivity contribution in [1.82, 2.24) is 0 Å². The Morgan fingerprint density at radius 2 is 1.02 bits per heavy atom. The van der Waals surface area contributed by atoms with Crippen molar-refractivity contribution in [2.75, 3.05) is 18.0 Å². The smallest absolute Gasteiger partial charge is 0.348 e. The van der Waals surface area contributed by atoms with Gasteiger partial charge in [-0.2, -0.15) is 0 Å². The van der Waals surface area contributed by atoms with E-state index in [1.807, 2.05) is 48.5 Å². The van der Waals surface area contributed by atoms with Gasteiger partial charge in [-0.25, -0.2) is 19.2 Å². The molecule has 2 aromatic rings. The molecule has 0 aromatic heterocycles. The van der Waals surface area contributed by atoms with E-state index in [9.17, 15) is 19.2 Å². The summed E-state index contributed by atoms with van der Waals surface area (Å²) in [6, 6.07) is 15.4. The van der Waals surface area contributed by atoms with Crippen LogP contribution in [0.2, 0.25) is 0 Å². The zero-order valence-electron chi connectivity index (χ0n) is 25.1. The second kappa shape index (κ2) is 11.9. The van der Waals surface area contributed by atoms with Gasteiger partial charge in [0.25, 0.3) is 11.6 Å². The normalized spacial score (nSPS) is 25.4. The molecule has 4 fully saturated rings. The third kappa shape index (κ3) is 5.87. The summed E-state index contributed by atoms with van der Waals surface area (Å²) in [6.07, 6.45) is 7.84. The Bertz CT molecular complexity index is 1360. The van der Waals surface area contributed by atoms with Gasteiger partial charge in [0.2, 0.25) is 0 Å². The summed E-state index contributed by atoms with van der Waals surface area (Å²) in [5, 5.41) is 0. The van der Waals surface area contributed by atoms with Crippen molar-refractivity contribution < 1.29 is 38.1 Å². The molecule has 9 heteroatoms. The number of hydrogen-bond donors (Lipinski definition) is 0. The maximum absolute atomic E-state index is 13.0. The number of carbonyl (C=O) groups excluding carboxylic acids is 4. The second-order valence-electron chi connectivity index (χ2n) is 11.9. The van der Waals surface area contributed by atoms with Crippen molar-refractivity contribution in [2.45, 2.75) is 82.7 Å². The van der Waals surface area contributed by atoms with E-state index in [0.29, 0.717) is 17.0 Å². The molecule has 2 aliphatic carbocycles. The van der Waals surface area contributed by atoms with E-state index in [1.165, 1.54) is 43.4 Å². The minimum atomic E-state index is -1.51. The Morgan fingerprint density at radius 3 is 1.41 bits per heavy atom. The molecule has 2 aromatic carbocycles. The molecule has 0 radical (unpaired) electrons. The summed E-state index contributed by atoms with van der Waals surface area (Å²) in [7, 11) is 0. The first-order valence-corrected chi connectivity index (χ1v) is 15.5. The van der Waals surface area contributed by atoms with Crippen LogP contribution in [-0.2, 0) is 38.1 Å². The molecule has 0 atom stereocenters. The van der Waals surface area contributed by atoms with Gasteiger partial charge in [-0.1, -0.05) is 49.2 Å². The van der Waals surface area contributed by atoms with Crippen LogP contribution < -0.4 is 4.90 Å². The first kappa shape index (κ1) is 29.7. The number of hydrogen-bond acceptors (Lipinski definition) is 9. The monoisotopic (exact) mass is 599 g/mol. The Hall–Kier alpha value is -4.40. The summed E-state index contributed by atoms with van der Waals surface area (Å²) in [5.74, 6) is -5.57. The van der Waals surface area contributed by atoms with Crippen molar-refractivity contribution in [3.63, 3.8) is 0 Å². The van der Waals surface area contributed by atoms with Crippen molar-refractivity contribution in [1.29, 1.82) is 0 Å². The van der Waals surface area contributed by atoms with Crippen LogP contribution in [0.25, 0.3) is 12.2 Å². The molecule has 2 spiro atoms. The molecule has 2 aliphatic heterocycles. The predicted molar refractivity (Wildman–Crippen MR) is 162 cm³/mol. The molecule has 2 saturated carbocycles. The van der Waals surface area contributed by atoms with E-state index in [4.69, 9.17) is 18.9 Å². The Balaban J connectivity index is 1.08. The van der Waals surface area contributed by atoms with Gasteiger partial charge >= 0.3 is 23.9 Å². The van der Waals surface area contributed by atoms with Crippen LogP contribution >= 0.6 is 0 Å². The first-order chi connectivity index (χ1) is 21.2. The minimum Gasteiger partial charge on any atom is -0.419 e. The maximum Gasteiger partial charge on any atom is 0.348 e. The van der Waals surface area contributed by atoms with Gasteiger partial charge in [-0.05, 0) is 73.6 Å². The van der Waals surface area contributed by atoms with Crippen molar-refractivity contribution in [3.05, 3.63) is 76.4 Å². The van der Waals surface area contributed by atoms with Gasteiger partial charge in [0.1, 0.15) is 11.1 Å². The Morgan fingerprint density at radius 1 is 0.636 bits per heavy atom. The minimum absolute atomic E-state index is 0.0125. The van der Waals surface area contributed by atoms with Gasteiger partial charge in [-0.15, -0.1) is 0 Å². The van der Waals surface area contributed by atoms with Crippen LogP contribution in [0, 0.1) is 0 Å². The molecule has 6 rings (SSSR count). The number of ether oxygens (including phenoxy) is 4. The van der Waals surface area contributed by atoms with E-state index in [-0.39, 0.29) is 36.8 Å². The highest BCUT2D eigenvalue weighted by Gasteiger charge is 2.56. The standard InChI is InChI=1S/C35H37NO8/c1-3-36(4-2)27-15-11-24(12-16-27)22-29-32(39)43-35(44-33(29)40)19-17-34(18-20-35)41-30(37)28(31(38)42-34)21-23-9-13-26(14-10-23)25-7-5-6-8-25/h9-16,21-22,25H,3-8,17-20H2,1-2H3. The molecule has 2 saturated heterocycles. The maximum atomic E-state index is 13.0. The highest BCUT2D eigenvalue weighted by Crippen LogP contribution is 2.45. The lowest BCUT2D eigenvalue weighted by atomic mass is 9.87. The summed E-state index contributed by atoms with van der Waals surface area (Å²) in [4.78, 5) is 54.0. The zero-order valence-corrected chi connectivity index (χ0v) is 25.1. The lowest BCUT2D eigenvalue weighted by Crippen LogP contribution is -2.56. The molecule has 44 heavy (non-hydrogen) atoms. The molecule has 2 heterocycles. The van der Waals surface area contributed by atoms with Crippen molar-refractivity contribution >= 4 is 41.7 Å². The number of esters is 4. The van der Waals surface area contributed by atoms with Crippen molar-refractivity contribution in [2.24, 2.45) is 0 Å². The number of anilines is 1. The summed E-state index contributed by atoms with van der Waals surface area (Å²) in [6.45, 7) is 5.88. The summed E-state index contributed by atoms with van der Waals surface area (Å²) < 4.78 is 22.6. The van der Waals surface area contributed by atoms with Crippen molar-refractivity contribution in [3.8, 4) is 0 Å². The van der Waals surface area contributed by atoms with E-state index in [2.05, 4.69) is 18.7 Å². The zero-order chi connectivity index (χ0) is 30.9. The summed E-state index contributed by atoms with van der Waals surface area (Å²) in [5.41, 5.74) is 3.30. The van der Waals surface area contributed by atoms with Crippen LogP contribution in [0.4, 0.5) is 5.69 Å². The average molecular weight is 600 g/mol. The van der Waals surface area contributed by atoms with Crippen LogP contribution in [0.3, 0.4) is 0 Å².